The van der Waals surface area contributed by atoms with Crippen LogP contribution in [0.3, 0.4) is 0 Å². The van der Waals surface area contributed by atoms with Gasteiger partial charge < -0.3 is 10.2 Å². The number of carbonyl (C=O) groups is 2. The number of nitrogens with zero attached hydrogens (tertiary/aromatic N) is 2. The SMILES string of the molecule is Cc1ccc(S(=O)(=O)N(CC(=O)N(Cc2ccc(Cl)cc2Cl)[C@@H](Cc2ccccc2)C(=O)NC2CCCCC2)c2cccc(Cl)c2)cc1. The van der Waals surface area contributed by atoms with Crippen LogP contribution < -0.4 is 9.62 Å². The maximum Gasteiger partial charge on any atom is 0.264 e. The van der Waals surface area contributed by atoms with E-state index in [-0.39, 0.29) is 35.5 Å². The maximum atomic E-state index is 14.7. The molecule has 11 heteroatoms. The second kappa shape index (κ2) is 16.2. The van der Waals surface area contributed by atoms with E-state index in [0.717, 1.165) is 47.5 Å². The lowest BCUT2D eigenvalue weighted by molar-refractivity contribution is -0.140. The lowest BCUT2D eigenvalue weighted by Gasteiger charge is -2.35. The molecule has 0 radical (unpaired) electrons. The quantitative estimate of drug-likeness (QED) is 0.159. The first-order valence-corrected chi connectivity index (χ1v) is 18.5. The second-order valence-corrected chi connectivity index (χ2v) is 15.3. The van der Waals surface area contributed by atoms with Crippen molar-refractivity contribution in [1.82, 2.24) is 10.2 Å². The van der Waals surface area contributed by atoms with Crippen LogP contribution in [-0.2, 0) is 32.6 Å². The fourth-order valence-electron chi connectivity index (χ4n) is 5.93. The number of carbonyl (C=O) groups excluding carboxylic acids is 2. The smallest absolute Gasteiger partial charge is 0.264 e. The minimum atomic E-state index is -4.25. The lowest BCUT2D eigenvalue weighted by atomic mass is 9.94. The van der Waals surface area contributed by atoms with Gasteiger partial charge in [0, 0.05) is 34.1 Å². The lowest BCUT2D eigenvalue weighted by Crippen LogP contribution is -2.55. The molecule has 0 bridgehead atoms. The molecule has 2 amide bonds. The minimum absolute atomic E-state index is 0.00882. The van der Waals surface area contributed by atoms with Crippen molar-refractivity contribution >= 4 is 62.3 Å². The molecule has 1 saturated carbocycles. The van der Waals surface area contributed by atoms with E-state index in [9.17, 15) is 18.0 Å². The van der Waals surface area contributed by atoms with Crippen LogP contribution in [0.4, 0.5) is 5.69 Å². The monoisotopic (exact) mass is 725 g/mol. The van der Waals surface area contributed by atoms with Gasteiger partial charge in [-0.25, -0.2) is 8.42 Å². The molecule has 4 aromatic carbocycles. The number of benzene rings is 4. The van der Waals surface area contributed by atoms with Crippen molar-refractivity contribution in [3.63, 3.8) is 0 Å². The van der Waals surface area contributed by atoms with Gasteiger partial charge in [0.05, 0.1) is 10.6 Å². The van der Waals surface area contributed by atoms with Gasteiger partial charge in [-0.3, -0.25) is 13.9 Å². The minimum Gasteiger partial charge on any atom is -0.352 e. The van der Waals surface area contributed by atoms with Crippen LogP contribution in [0.5, 0.6) is 0 Å². The van der Waals surface area contributed by atoms with Crippen LogP contribution in [0.25, 0.3) is 0 Å². The van der Waals surface area contributed by atoms with Crippen LogP contribution in [-0.4, -0.2) is 43.8 Å². The van der Waals surface area contributed by atoms with Gasteiger partial charge in [-0.15, -0.1) is 0 Å². The third-order valence-corrected chi connectivity index (χ3v) is 11.2. The van der Waals surface area contributed by atoms with Crippen molar-refractivity contribution in [2.24, 2.45) is 0 Å². The van der Waals surface area contributed by atoms with Gasteiger partial charge in [-0.05, 0) is 73.4 Å². The van der Waals surface area contributed by atoms with Crippen LogP contribution >= 0.6 is 34.8 Å². The Bertz CT molecular complexity index is 1830. The van der Waals surface area contributed by atoms with Gasteiger partial charge in [0.1, 0.15) is 12.6 Å². The standard InChI is InChI=1S/C37H38Cl3N3O4S/c1-26-15-19-33(20-16-26)48(46,47)43(32-14-8-11-29(38)22-32)25-36(44)42(24-28-17-18-30(39)23-34(28)40)35(21-27-9-4-2-5-10-27)37(45)41-31-12-6-3-7-13-31/h2,4-5,8-11,14-20,22-23,31,35H,3,6-7,12-13,21,24-25H2,1H3,(H,41,45)/t35-/m0/s1. The van der Waals surface area contributed by atoms with Gasteiger partial charge in [-0.2, -0.15) is 0 Å². The molecule has 0 heterocycles. The molecule has 7 nitrogen and oxygen atoms in total. The molecule has 48 heavy (non-hydrogen) atoms. The normalized spacial score (nSPS) is 14.2. The molecule has 1 aliphatic rings. The Morgan fingerprint density at radius 3 is 2.19 bits per heavy atom. The van der Waals surface area contributed by atoms with Crippen LogP contribution in [0.2, 0.25) is 15.1 Å². The van der Waals surface area contributed by atoms with E-state index in [1.807, 2.05) is 37.3 Å². The summed E-state index contributed by atoms with van der Waals surface area (Å²) in [6, 6.07) is 26.2. The third-order valence-electron chi connectivity index (χ3n) is 8.56. The molecule has 1 N–H and O–H groups in total. The van der Waals surface area contributed by atoms with Gasteiger partial charge in [0.25, 0.3) is 10.0 Å². The van der Waals surface area contributed by atoms with E-state index in [2.05, 4.69) is 5.32 Å². The highest BCUT2D eigenvalue weighted by molar-refractivity contribution is 7.92. The second-order valence-electron chi connectivity index (χ2n) is 12.1. The molecular weight excluding hydrogens is 689 g/mol. The molecule has 1 atom stereocenters. The first kappa shape index (κ1) is 35.7. The Hall–Kier alpha value is -3.56. The average Bonchev–Trinajstić information content (AvgIpc) is 3.07. The fraction of sp³-hybridized carbons (Fsp3) is 0.297. The fourth-order valence-corrected chi connectivity index (χ4v) is 7.99. The van der Waals surface area contributed by atoms with E-state index in [0.29, 0.717) is 20.6 Å². The van der Waals surface area contributed by atoms with Crippen molar-refractivity contribution in [2.75, 3.05) is 10.8 Å². The number of amides is 2. The molecule has 1 aliphatic carbocycles. The number of anilines is 1. The number of hydrogen-bond acceptors (Lipinski definition) is 4. The molecule has 5 rings (SSSR count). The van der Waals surface area contributed by atoms with E-state index in [1.54, 1.807) is 48.5 Å². The Kier molecular flexibility index (Phi) is 12.1. The van der Waals surface area contributed by atoms with Crippen molar-refractivity contribution in [2.45, 2.75) is 69.0 Å². The molecular formula is C37H38Cl3N3O4S. The summed E-state index contributed by atoms with van der Waals surface area (Å²) < 4.78 is 29.5. The van der Waals surface area contributed by atoms with Gasteiger partial charge in [0.2, 0.25) is 11.8 Å². The number of aryl methyl sites for hydroxylation is 1. The van der Waals surface area contributed by atoms with E-state index >= 15 is 0 Å². The van der Waals surface area contributed by atoms with Gasteiger partial charge >= 0.3 is 0 Å². The molecule has 4 aromatic rings. The molecule has 0 saturated heterocycles. The third kappa shape index (κ3) is 9.11. The molecule has 0 aliphatic heterocycles. The molecule has 252 valence electrons. The largest absolute Gasteiger partial charge is 0.352 e. The number of sulfonamides is 1. The number of nitrogens with one attached hydrogen (secondary N) is 1. The molecule has 0 aromatic heterocycles. The topological polar surface area (TPSA) is 86.8 Å². The van der Waals surface area contributed by atoms with Crippen LogP contribution in [0.15, 0.2) is 102 Å². The zero-order valence-electron chi connectivity index (χ0n) is 26.6. The summed E-state index contributed by atoms with van der Waals surface area (Å²) in [5, 5.41) is 4.26. The number of rotatable bonds is 12. The predicted molar refractivity (Wildman–Crippen MR) is 193 cm³/mol. The van der Waals surface area contributed by atoms with Crippen molar-refractivity contribution < 1.29 is 18.0 Å². The first-order chi connectivity index (χ1) is 23.0. The van der Waals surface area contributed by atoms with Crippen molar-refractivity contribution in [1.29, 1.82) is 0 Å². The van der Waals surface area contributed by atoms with Gasteiger partial charge in [0.15, 0.2) is 0 Å². The van der Waals surface area contributed by atoms with Crippen LogP contribution in [0, 0.1) is 6.92 Å². The molecule has 1 fully saturated rings. The maximum absolute atomic E-state index is 14.7. The summed E-state index contributed by atoms with van der Waals surface area (Å²) in [6.45, 7) is 1.21. The van der Waals surface area contributed by atoms with E-state index in [1.165, 1.54) is 23.1 Å². The highest BCUT2D eigenvalue weighted by Gasteiger charge is 2.35. The Morgan fingerprint density at radius 2 is 1.52 bits per heavy atom. The Morgan fingerprint density at radius 1 is 0.833 bits per heavy atom. The summed E-state index contributed by atoms with van der Waals surface area (Å²) in [6.07, 6.45) is 5.08. The summed E-state index contributed by atoms with van der Waals surface area (Å²) in [7, 11) is -4.25. The Labute approximate surface area is 297 Å². The van der Waals surface area contributed by atoms with Crippen molar-refractivity contribution in [3.8, 4) is 0 Å². The highest BCUT2D eigenvalue weighted by atomic mass is 35.5. The Balaban J connectivity index is 1.58. The molecule has 0 unspecified atom stereocenters. The van der Waals surface area contributed by atoms with E-state index in [4.69, 9.17) is 34.8 Å². The van der Waals surface area contributed by atoms with E-state index < -0.39 is 28.5 Å². The highest BCUT2D eigenvalue weighted by Crippen LogP contribution is 2.29. The summed E-state index contributed by atoms with van der Waals surface area (Å²) in [4.78, 5) is 30.4. The zero-order valence-corrected chi connectivity index (χ0v) is 29.7. The van der Waals surface area contributed by atoms with Crippen LogP contribution in [0.1, 0.15) is 48.8 Å². The summed E-state index contributed by atoms with van der Waals surface area (Å²) in [5.74, 6) is -0.892. The van der Waals surface area contributed by atoms with Gasteiger partial charge in [-0.1, -0.05) is 114 Å². The average molecular weight is 727 g/mol. The summed E-state index contributed by atoms with van der Waals surface area (Å²) >= 11 is 19.1. The zero-order chi connectivity index (χ0) is 34.3. The number of halogens is 3. The first-order valence-electron chi connectivity index (χ1n) is 15.9. The molecule has 0 spiro atoms. The predicted octanol–water partition coefficient (Wildman–Crippen LogP) is 8.24. The van der Waals surface area contributed by atoms with Crippen molar-refractivity contribution in [3.05, 3.63) is 129 Å². The number of hydrogen-bond donors (Lipinski definition) is 1. The summed E-state index contributed by atoms with van der Waals surface area (Å²) in [5.41, 5.74) is 2.51.